The lowest BCUT2D eigenvalue weighted by molar-refractivity contribution is -0.122. The largest absolute Gasteiger partial charge is 0.379 e. The Morgan fingerprint density at radius 1 is 1.52 bits per heavy atom. The summed E-state index contributed by atoms with van der Waals surface area (Å²) in [7, 11) is 0. The fourth-order valence-corrected chi connectivity index (χ4v) is 2.98. The molecule has 9 heteroatoms. The number of amides is 2. The molecule has 2 aliphatic heterocycles. The van der Waals surface area contributed by atoms with Gasteiger partial charge in [0.05, 0.1) is 30.5 Å². The number of hydrogen-bond donors (Lipinski definition) is 2. The topological polar surface area (TPSA) is 102 Å². The van der Waals surface area contributed by atoms with Gasteiger partial charge in [0.2, 0.25) is 5.91 Å². The SMILES string of the molecule is O=C1CCC(C(=O)N[C@@H]2CCOC[C@H]2OCc2cscn2)=NN1. The van der Waals surface area contributed by atoms with Crippen molar-refractivity contribution >= 4 is 28.9 Å². The highest BCUT2D eigenvalue weighted by atomic mass is 32.1. The molecule has 0 aliphatic carbocycles. The van der Waals surface area contributed by atoms with Crippen LogP contribution in [-0.4, -0.2) is 47.9 Å². The molecule has 0 unspecified atom stereocenters. The standard InChI is InChI=1S/C14H18N4O4S/c19-13-2-1-11(17-18-13)14(20)16-10-3-4-21-6-12(10)22-5-9-7-23-8-15-9/h7-8,10,12H,1-6H2,(H,16,20)(H,18,19)/t10-,12-/m1/s1. The zero-order chi connectivity index (χ0) is 16.1. The van der Waals surface area contributed by atoms with Gasteiger partial charge in [-0.1, -0.05) is 0 Å². The number of thiazole rings is 1. The summed E-state index contributed by atoms with van der Waals surface area (Å²) in [6, 6.07) is -0.143. The van der Waals surface area contributed by atoms with Crippen LogP contribution in [0.5, 0.6) is 0 Å². The molecule has 3 rings (SSSR count). The van der Waals surface area contributed by atoms with Gasteiger partial charge in [-0.3, -0.25) is 9.59 Å². The highest BCUT2D eigenvalue weighted by Crippen LogP contribution is 2.14. The molecule has 0 radical (unpaired) electrons. The van der Waals surface area contributed by atoms with Crippen molar-refractivity contribution in [2.45, 2.75) is 38.0 Å². The fourth-order valence-electron chi connectivity index (χ4n) is 2.43. The molecule has 0 bridgehead atoms. The lowest BCUT2D eigenvalue weighted by Crippen LogP contribution is -2.52. The van der Waals surface area contributed by atoms with E-state index in [2.05, 4.69) is 20.8 Å². The molecule has 2 amide bonds. The molecule has 1 fully saturated rings. The summed E-state index contributed by atoms with van der Waals surface area (Å²) in [4.78, 5) is 27.5. The Hall–Kier alpha value is -1.84. The number of nitrogens with one attached hydrogen (secondary N) is 2. The minimum atomic E-state index is -0.265. The molecule has 3 heterocycles. The van der Waals surface area contributed by atoms with Crippen molar-refractivity contribution in [1.82, 2.24) is 15.7 Å². The summed E-state index contributed by atoms with van der Waals surface area (Å²) in [6.07, 6.45) is 1.08. The lowest BCUT2D eigenvalue weighted by atomic mass is 10.0. The third-order valence-corrected chi connectivity index (χ3v) is 4.35. The number of hydrazone groups is 1. The highest BCUT2D eigenvalue weighted by Gasteiger charge is 2.30. The van der Waals surface area contributed by atoms with Crippen LogP contribution in [0.1, 0.15) is 25.0 Å². The smallest absolute Gasteiger partial charge is 0.267 e. The molecule has 2 atom stereocenters. The van der Waals surface area contributed by atoms with E-state index in [4.69, 9.17) is 9.47 Å². The van der Waals surface area contributed by atoms with Crippen LogP contribution in [0.3, 0.4) is 0 Å². The van der Waals surface area contributed by atoms with Gasteiger partial charge >= 0.3 is 0 Å². The van der Waals surface area contributed by atoms with E-state index in [9.17, 15) is 9.59 Å². The van der Waals surface area contributed by atoms with Crippen LogP contribution in [0, 0.1) is 0 Å². The van der Waals surface area contributed by atoms with E-state index in [0.29, 0.717) is 38.4 Å². The van der Waals surface area contributed by atoms with Crippen LogP contribution < -0.4 is 10.7 Å². The van der Waals surface area contributed by atoms with Gasteiger partial charge in [-0.25, -0.2) is 10.4 Å². The van der Waals surface area contributed by atoms with Crippen molar-refractivity contribution in [1.29, 1.82) is 0 Å². The van der Waals surface area contributed by atoms with Crippen molar-refractivity contribution in [3.63, 3.8) is 0 Å². The zero-order valence-corrected chi connectivity index (χ0v) is 13.3. The fraction of sp³-hybridized carbons (Fsp3) is 0.571. The maximum Gasteiger partial charge on any atom is 0.267 e. The number of rotatable bonds is 5. The first-order chi connectivity index (χ1) is 11.2. The second kappa shape index (κ2) is 7.62. The van der Waals surface area contributed by atoms with Gasteiger partial charge in [-0.2, -0.15) is 5.10 Å². The molecular formula is C14H18N4O4S. The second-order valence-electron chi connectivity index (χ2n) is 5.37. The molecule has 2 aliphatic rings. The summed E-state index contributed by atoms with van der Waals surface area (Å²) >= 11 is 1.51. The molecule has 1 aromatic heterocycles. The lowest BCUT2D eigenvalue weighted by Gasteiger charge is -2.32. The van der Waals surface area contributed by atoms with Crippen LogP contribution in [0.4, 0.5) is 0 Å². The molecule has 1 saturated heterocycles. The third kappa shape index (κ3) is 4.34. The van der Waals surface area contributed by atoms with Crippen molar-refractivity contribution in [3.8, 4) is 0 Å². The molecule has 2 N–H and O–H groups in total. The number of aromatic nitrogens is 1. The normalized spacial score (nSPS) is 24.7. The average molecular weight is 338 g/mol. The van der Waals surface area contributed by atoms with E-state index in [1.165, 1.54) is 11.3 Å². The summed E-state index contributed by atoms with van der Waals surface area (Å²) in [5.41, 5.74) is 5.29. The molecule has 0 saturated carbocycles. The van der Waals surface area contributed by atoms with Crippen LogP contribution in [0.2, 0.25) is 0 Å². The predicted octanol–water partition coefficient (Wildman–Crippen LogP) is 0.199. The minimum absolute atomic E-state index is 0.143. The van der Waals surface area contributed by atoms with Crippen LogP contribution >= 0.6 is 11.3 Å². The number of carbonyl (C=O) groups is 2. The Kier molecular flexibility index (Phi) is 5.31. The maximum absolute atomic E-state index is 12.3. The van der Waals surface area contributed by atoms with Gasteiger partial charge in [-0.15, -0.1) is 11.3 Å². The van der Waals surface area contributed by atoms with E-state index in [1.807, 2.05) is 5.38 Å². The molecule has 0 aromatic carbocycles. The molecule has 1 aromatic rings. The Labute approximate surface area is 137 Å². The Balaban J connectivity index is 1.55. The van der Waals surface area contributed by atoms with Crippen molar-refractivity contribution in [2.24, 2.45) is 5.10 Å². The van der Waals surface area contributed by atoms with Gasteiger partial charge in [-0.05, 0) is 6.42 Å². The van der Waals surface area contributed by atoms with Gasteiger partial charge < -0.3 is 14.8 Å². The van der Waals surface area contributed by atoms with E-state index >= 15 is 0 Å². The number of nitrogens with zero attached hydrogens (tertiary/aromatic N) is 2. The van der Waals surface area contributed by atoms with Gasteiger partial charge in [0.1, 0.15) is 11.8 Å². The Morgan fingerprint density at radius 2 is 2.43 bits per heavy atom. The van der Waals surface area contributed by atoms with Crippen LogP contribution in [0.25, 0.3) is 0 Å². The maximum atomic E-state index is 12.3. The second-order valence-corrected chi connectivity index (χ2v) is 6.08. The number of ether oxygens (including phenoxy) is 2. The number of hydrogen-bond acceptors (Lipinski definition) is 7. The number of carbonyl (C=O) groups excluding carboxylic acids is 2. The van der Waals surface area contributed by atoms with Gasteiger partial charge in [0.15, 0.2) is 0 Å². The van der Waals surface area contributed by atoms with E-state index in [1.54, 1.807) is 5.51 Å². The highest BCUT2D eigenvalue weighted by molar-refractivity contribution is 7.07. The summed E-state index contributed by atoms with van der Waals surface area (Å²) in [5.74, 6) is -0.434. The van der Waals surface area contributed by atoms with Crippen LogP contribution in [0.15, 0.2) is 16.0 Å². The third-order valence-electron chi connectivity index (χ3n) is 3.72. The Bertz CT molecular complexity index is 590. The summed E-state index contributed by atoms with van der Waals surface area (Å²) < 4.78 is 11.3. The van der Waals surface area contributed by atoms with Crippen molar-refractivity contribution in [2.75, 3.05) is 13.2 Å². The average Bonchev–Trinajstić information content (AvgIpc) is 3.08. The molecular weight excluding hydrogens is 320 g/mol. The van der Waals surface area contributed by atoms with Gasteiger partial charge in [0.25, 0.3) is 5.91 Å². The first kappa shape index (κ1) is 16.0. The zero-order valence-electron chi connectivity index (χ0n) is 12.5. The molecule has 0 spiro atoms. The first-order valence-corrected chi connectivity index (χ1v) is 8.39. The van der Waals surface area contributed by atoms with E-state index in [-0.39, 0.29) is 30.4 Å². The predicted molar refractivity (Wildman–Crippen MR) is 82.9 cm³/mol. The van der Waals surface area contributed by atoms with E-state index in [0.717, 1.165) is 5.69 Å². The first-order valence-electron chi connectivity index (χ1n) is 7.45. The molecule has 23 heavy (non-hydrogen) atoms. The summed E-state index contributed by atoms with van der Waals surface area (Å²) in [6.45, 7) is 1.39. The molecule has 124 valence electrons. The van der Waals surface area contributed by atoms with Gasteiger partial charge in [0, 0.05) is 24.8 Å². The van der Waals surface area contributed by atoms with Crippen molar-refractivity contribution < 1.29 is 19.1 Å². The van der Waals surface area contributed by atoms with Crippen LogP contribution in [-0.2, 0) is 25.7 Å². The summed E-state index contributed by atoms with van der Waals surface area (Å²) in [5, 5.41) is 8.68. The van der Waals surface area contributed by atoms with Crippen molar-refractivity contribution in [3.05, 3.63) is 16.6 Å². The quantitative estimate of drug-likeness (QED) is 0.798. The Morgan fingerprint density at radius 3 is 3.17 bits per heavy atom. The minimum Gasteiger partial charge on any atom is -0.379 e. The monoisotopic (exact) mass is 338 g/mol. The van der Waals surface area contributed by atoms with E-state index < -0.39 is 0 Å². The molecule has 8 nitrogen and oxygen atoms in total.